The molecule has 1 aromatic rings. The third-order valence-corrected chi connectivity index (χ3v) is 4.78. The lowest BCUT2D eigenvalue weighted by Gasteiger charge is -2.34. The summed E-state index contributed by atoms with van der Waals surface area (Å²) in [4.78, 5) is 0. The molecule has 1 fully saturated rings. The van der Waals surface area contributed by atoms with Crippen molar-refractivity contribution in [3.8, 4) is 0 Å². The summed E-state index contributed by atoms with van der Waals surface area (Å²) in [5, 5.41) is 14.0. The van der Waals surface area contributed by atoms with Crippen LogP contribution in [0.1, 0.15) is 45.0 Å². The summed E-state index contributed by atoms with van der Waals surface area (Å²) in [6.45, 7) is 6.83. The number of aromatic nitrogens is 2. The summed E-state index contributed by atoms with van der Waals surface area (Å²) in [5.74, 6) is 1.56. The standard InChI is InChI=1S/C12H21N3S/c1-4-11-14-15-12(16-11)13-10-7-5-6-8(2)9(10)3/h8-10H,4-7H2,1-3H3,(H,13,15). The summed E-state index contributed by atoms with van der Waals surface area (Å²) >= 11 is 1.70. The van der Waals surface area contributed by atoms with E-state index in [1.54, 1.807) is 11.3 Å². The Labute approximate surface area is 102 Å². The van der Waals surface area contributed by atoms with Gasteiger partial charge < -0.3 is 5.32 Å². The maximum absolute atomic E-state index is 4.20. The Morgan fingerprint density at radius 3 is 2.81 bits per heavy atom. The van der Waals surface area contributed by atoms with Crippen molar-refractivity contribution in [2.75, 3.05) is 5.32 Å². The Balaban J connectivity index is 1.97. The molecule has 0 amide bonds. The van der Waals surface area contributed by atoms with Gasteiger partial charge in [0, 0.05) is 6.04 Å². The van der Waals surface area contributed by atoms with Crippen LogP contribution in [0.2, 0.25) is 0 Å². The van der Waals surface area contributed by atoms with Gasteiger partial charge in [0.05, 0.1) is 0 Å². The molecule has 16 heavy (non-hydrogen) atoms. The van der Waals surface area contributed by atoms with E-state index < -0.39 is 0 Å². The van der Waals surface area contributed by atoms with Gasteiger partial charge in [-0.05, 0) is 24.7 Å². The third-order valence-electron chi connectivity index (χ3n) is 3.79. The van der Waals surface area contributed by atoms with Gasteiger partial charge in [0.1, 0.15) is 5.01 Å². The largest absolute Gasteiger partial charge is 0.357 e. The minimum Gasteiger partial charge on any atom is -0.357 e. The number of rotatable bonds is 3. The van der Waals surface area contributed by atoms with E-state index in [4.69, 9.17) is 0 Å². The molecule has 0 bridgehead atoms. The minimum absolute atomic E-state index is 0.585. The van der Waals surface area contributed by atoms with Crippen molar-refractivity contribution in [1.29, 1.82) is 0 Å². The molecule has 0 aliphatic heterocycles. The molecule has 2 rings (SSSR count). The molecule has 0 spiro atoms. The first-order valence-corrected chi connectivity index (χ1v) is 7.11. The molecule has 0 aromatic carbocycles. The van der Waals surface area contributed by atoms with Gasteiger partial charge >= 0.3 is 0 Å². The normalized spacial score (nSPS) is 30.3. The maximum atomic E-state index is 4.20. The number of hydrogen-bond donors (Lipinski definition) is 1. The molecule has 1 heterocycles. The fourth-order valence-corrected chi connectivity index (χ4v) is 3.14. The van der Waals surface area contributed by atoms with Gasteiger partial charge in [-0.2, -0.15) is 0 Å². The average Bonchev–Trinajstić information content (AvgIpc) is 2.73. The Kier molecular flexibility index (Phi) is 3.79. The van der Waals surface area contributed by atoms with Crippen LogP contribution in [0.5, 0.6) is 0 Å². The first-order valence-electron chi connectivity index (χ1n) is 6.29. The number of anilines is 1. The van der Waals surface area contributed by atoms with E-state index in [1.807, 2.05) is 0 Å². The van der Waals surface area contributed by atoms with Crippen LogP contribution in [0.3, 0.4) is 0 Å². The first-order chi connectivity index (χ1) is 7.70. The van der Waals surface area contributed by atoms with Crippen LogP contribution in [0.4, 0.5) is 5.13 Å². The fourth-order valence-electron chi connectivity index (χ4n) is 2.40. The van der Waals surface area contributed by atoms with Crippen molar-refractivity contribution in [3.05, 3.63) is 5.01 Å². The Bertz CT molecular complexity index is 337. The number of hydrogen-bond acceptors (Lipinski definition) is 4. The fraction of sp³-hybridized carbons (Fsp3) is 0.833. The van der Waals surface area contributed by atoms with Crippen molar-refractivity contribution < 1.29 is 0 Å². The molecule has 1 saturated carbocycles. The predicted octanol–water partition coefficient (Wildman–Crippen LogP) is 3.34. The molecule has 4 heteroatoms. The Morgan fingerprint density at radius 2 is 2.12 bits per heavy atom. The highest BCUT2D eigenvalue weighted by molar-refractivity contribution is 7.15. The van der Waals surface area contributed by atoms with E-state index in [9.17, 15) is 0 Å². The molecule has 3 atom stereocenters. The predicted molar refractivity (Wildman–Crippen MR) is 68.9 cm³/mol. The summed E-state index contributed by atoms with van der Waals surface area (Å²) in [7, 11) is 0. The van der Waals surface area contributed by atoms with Crippen LogP contribution >= 0.6 is 11.3 Å². The molecule has 0 saturated heterocycles. The highest BCUT2D eigenvalue weighted by Crippen LogP contribution is 2.32. The summed E-state index contributed by atoms with van der Waals surface area (Å²) in [6.07, 6.45) is 4.96. The van der Waals surface area contributed by atoms with E-state index in [-0.39, 0.29) is 0 Å². The van der Waals surface area contributed by atoms with Gasteiger partial charge in [-0.3, -0.25) is 0 Å². The molecule has 1 aliphatic rings. The van der Waals surface area contributed by atoms with E-state index in [0.29, 0.717) is 6.04 Å². The Morgan fingerprint density at radius 1 is 1.31 bits per heavy atom. The molecule has 90 valence electrons. The Hall–Kier alpha value is -0.640. The van der Waals surface area contributed by atoms with Crippen molar-refractivity contribution in [3.63, 3.8) is 0 Å². The van der Waals surface area contributed by atoms with Crippen LogP contribution in [-0.4, -0.2) is 16.2 Å². The van der Waals surface area contributed by atoms with Gasteiger partial charge in [-0.15, -0.1) is 10.2 Å². The monoisotopic (exact) mass is 239 g/mol. The number of nitrogens with zero attached hydrogens (tertiary/aromatic N) is 2. The topological polar surface area (TPSA) is 37.8 Å². The SMILES string of the molecule is CCc1nnc(NC2CCCC(C)C2C)s1. The summed E-state index contributed by atoms with van der Waals surface area (Å²) in [5.41, 5.74) is 0. The second kappa shape index (κ2) is 5.13. The van der Waals surface area contributed by atoms with Gasteiger partial charge in [0.25, 0.3) is 0 Å². The zero-order valence-corrected chi connectivity index (χ0v) is 11.2. The van der Waals surface area contributed by atoms with Crippen molar-refractivity contribution in [2.24, 2.45) is 11.8 Å². The lowest BCUT2D eigenvalue weighted by atomic mass is 9.78. The molecule has 3 nitrogen and oxygen atoms in total. The molecule has 3 unspecified atom stereocenters. The molecular formula is C12H21N3S. The zero-order valence-electron chi connectivity index (χ0n) is 10.4. The van der Waals surface area contributed by atoms with Crippen molar-refractivity contribution >= 4 is 16.5 Å². The smallest absolute Gasteiger partial charge is 0.205 e. The highest BCUT2D eigenvalue weighted by Gasteiger charge is 2.27. The molecule has 1 aliphatic carbocycles. The van der Waals surface area contributed by atoms with Crippen molar-refractivity contribution in [1.82, 2.24) is 10.2 Å². The number of aryl methyl sites for hydroxylation is 1. The van der Waals surface area contributed by atoms with Gasteiger partial charge in [0.2, 0.25) is 5.13 Å². The van der Waals surface area contributed by atoms with E-state index in [0.717, 1.165) is 28.4 Å². The van der Waals surface area contributed by atoms with Gasteiger partial charge in [-0.25, -0.2) is 0 Å². The third kappa shape index (κ3) is 2.54. The van der Waals surface area contributed by atoms with Crippen LogP contribution in [0, 0.1) is 11.8 Å². The van der Waals surface area contributed by atoms with E-state index in [1.165, 1.54) is 19.3 Å². The highest BCUT2D eigenvalue weighted by atomic mass is 32.1. The van der Waals surface area contributed by atoms with Crippen LogP contribution in [-0.2, 0) is 6.42 Å². The van der Waals surface area contributed by atoms with Crippen LogP contribution < -0.4 is 5.32 Å². The van der Waals surface area contributed by atoms with Crippen LogP contribution in [0.15, 0.2) is 0 Å². The van der Waals surface area contributed by atoms with Crippen molar-refractivity contribution in [2.45, 2.75) is 52.5 Å². The first kappa shape index (κ1) is 11.8. The van der Waals surface area contributed by atoms with E-state index >= 15 is 0 Å². The van der Waals surface area contributed by atoms with Gasteiger partial charge in [0.15, 0.2) is 0 Å². The second-order valence-electron chi connectivity index (χ2n) is 4.87. The van der Waals surface area contributed by atoms with Crippen LogP contribution in [0.25, 0.3) is 0 Å². The van der Waals surface area contributed by atoms with Gasteiger partial charge in [-0.1, -0.05) is 44.9 Å². The lowest BCUT2D eigenvalue weighted by molar-refractivity contribution is 0.253. The maximum Gasteiger partial charge on any atom is 0.205 e. The molecular weight excluding hydrogens is 218 g/mol. The minimum atomic E-state index is 0.585. The summed E-state index contributed by atoms with van der Waals surface area (Å²) < 4.78 is 0. The molecule has 0 radical (unpaired) electrons. The summed E-state index contributed by atoms with van der Waals surface area (Å²) in [6, 6.07) is 0.585. The lowest BCUT2D eigenvalue weighted by Crippen LogP contribution is -2.34. The quantitative estimate of drug-likeness (QED) is 0.879. The zero-order chi connectivity index (χ0) is 11.5. The average molecular weight is 239 g/mol. The number of nitrogens with one attached hydrogen (secondary N) is 1. The second-order valence-corrected chi connectivity index (χ2v) is 5.93. The van der Waals surface area contributed by atoms with E-state index in [2.05, 4.69) is 36.3 Å². The molecule has 1 N–H and O–H groups in total. The molecule has 1 aromatic heterocycles.